The molecular formula is C18H30N2O5S. The van der Waals surface area contributed by atoms with Crippen LogP contribution in [0.15, 0.2) is 10.6 Å². The van der Waals surface area contributed by atoms with Gasteiger partial charge in [0.25, 0.3) is 0 Å². The predicted octanol–water partition coefficient (Wildman–Crippen LogP) is 2.92. The van der Waals surface area contributed by atoms with Crippen LogP contribution in [0, 0.1) is 5.92 Å². The Bertz CT molecular complexity index is 743. The van der Waals surface area contributed by atoms with Gasteiger partial charge < -0.3 is 9.26 Å². The molecule has 0 spiro atoms. The van der Waals surface area contributed by atoms with E-state index in [1.165, 1.54) is 13.8 Å². The van der Waals surface area contributed by atoms with Crippen molar-refractivity contribution in [1.82, 2.24) is 5.16 Å². The minimum absolute atomic E-state index is 0.161. The van der Waals surface area contributed by atoms with Crippen molar-refractivity contribution >= 4 is 21.6 Å². The molecule has 0 aromatic carbocycles. The SMILES string of the molecule is CC(C)C(C)(C)c1cc(NC(=O)C(C)(C)S(=O)(=O)C2CCOCC2)on1. The van der Waals surface area contributed by atoms with Gasteiger partial charge in [-0.2, -0.15) is 0 Å². The van der Waals surface area contributed by atoms with Crippen molar-refractivity contribution in [1.29, 1.82) is 0 Å². The molecule has 2 heterocycles. The summed E-state index contributed by atoms with van der Waals surface area (Å²) in [5, 5.41) is 6.05. The molecule has 1 amide bonds. The first kappa shape index (κ1) is 20.9. The van der Waals surface area contributed by atoms with Crippen LogP contribution in [-0.4, -0.2) is 42.7 Å². The monoisotopic (exact) mass is 386 g/mol. The highest BCUT2D eigenvalue weighted by molar-refractivity contribution is 7.94. The normalized spacial score (nSPS) is 17.5. The summed E-state index contributed by atoms with van der Waals surface area (Å²) >= 11 is 0. The van der Waals surface area contributed by atoms with E-state index in [-0.39, 0.29) is 11.3 Å². The largest absolute Gasteiger partial charge is 0.381 e. The van der Waals surface area contributed by atoms with Crippen LogP contribution in [0.25, 0.3) is 0 Å². The Morgan fingerprint density at radius 2 is 1.81 bits per heavy atom. The lowest BCUT2D eigenvalue weighted by atomic mass is 9.78. The number of nitrogens with one attached hydrogen (secondary N) is 1. The number of sulfone groups is 1. The predicted molar refractivity (Wildman–Crippen MR) is 99.8 cm³/mol. The van der Waals surface area contributed by atoms with Gasteiger partial charge in [-0.3, -0.25) is 10.1 Å². The first-order valence-corrected chi connectivity index (χ1v) is 10.5. The van der Waals surface area contributed by atoms with Crippen LogP contribution >= 0.6 is 0 Å². The molecule has 1 aliphatic heterocycles. The first-order chi connectivity index (χ1) is 11.9. The third-order valence-corrected chi connectivity index (χ3v) is 8.67. The van der Waals surface area contributed by atoms with Crippen molar-refractivity contribution < 1.29 is 22.5 Å². The highest BCUT2D eigenvalue weighted by Crippen LogP contribution is 2.33. The van der Waals surface area contributed by atoms with Gasteiger partial charge in [-0.15, -0.1) is 0 Å². The number of nitrogens with zero attached hydrogens (tertiary/aromatic N) is 1. The summed E-state index contributed by atoms with van der Waals surface area (Å²) < 4.78 is 34.7. The van der Waals surface area contributed by atoms with E-state index in [2.05, 4.69) is 24.3 Å². The van der Waals surface area contributed by atoms with Gasteiger partial charge in [-0.05, 0) is 32.6 Å². The maximum absolute atomic E-state index is 12.9. The zero-order chi connectivity index (χ0) is 19.8. The third-order valence-electron chi connectivity index (χ3n) is 5.72. The molecule has 7 nitrogen and oxygen atoms in total. The molecule has 1 N–H and O–H groups in total. The van der Waals surface area contributed by atoms with E-state index in [9.17, 15) is 13.2 Å². The van der Waals surface area contributed by atoms with Gasteiger partial charge in [-0.25, -0.2) is 8.42 Å². The fraction of sp³-hybridized carbons (Fsp3) is 0.778. The Labute approximate surface area is 155 Å². The van der Waals surface area contributed by atoms with Crippen LogP contribution in [0.5, 0.6) is 0 Å². The van der Waals surface area contributed by atoms with Gasteiger partial charge in [0.2, 0.25) is 11.8 Å². The number of amides is 1. The molecule has 0 aliphatic carbocycles. The summed E-state index contributed by atoms with van der Waals surface area (Å²) in [5.41, 5.74) is 0.490. The number of carbonyl (C=O) groups excluding carboxylic acids is 1. The molecule has 1 aromatic rings. The minimum Gasteiger partial charge on any atom is -0.381 e. The zero-order valence-electron chi connectivity index (χ0n) is 16.5. The van der Waals surface area contributed by atoms with Gasteiger partial charge in [0.1, 0.15) is 4.75 Å². The molecule has 148 valence electrons. The first-order valence-electron chi connectivity index (χ1n) is 9.00. The summed E-state index contributed by atoms with van der Waals surface area (Å²) in [6.45, 7) is 11.9. The molecule has 0 atom stereocenters. The summed E-state index contributed by atoms with van der Waals surface area (Å²) in [5.74, 6) is -0.135. The average Bonchev–Trinajstić information content (AvgIpc) is 3.04. The lowest BCUT2D eigenvalue weighted by Crippen LogP contribution is -2.50. The Hall–Kier alpha value is -1.41. The van der Waals surface area contributed by atoms with Crippen LogP contribution in [-0.2, 0) is 24.8 Å². The standard InChI is InChI=1S/C18H30N2O5S/c1-12(2)17(3,4)14-11-15(25-20-14)19-16(21)18(5,6)26(22,23)13-7-9-24-10-8-13/h11-13H,7-10H2,1-6H3,(H,19,21). The Balaban J connectivity index is 2.17. The molecular weight excluding hydrogens is 356 g/mol. The van der Waals surface area contributed by atoms with Gasteiger partial charge in [0.05, 0.1) is 10.9 Å². The number of ether oxygens (including phenoxy) is 1. The number of hydrogen-bond acceptors (Lipinski definition) is 6. The van der Waals surface area contributed by atoms with Crippen molar-refractivity contribution in [3.63, 3.8) is 0 Å². The van der Waals surface area contributed by atoms with Gasteiger partial charge in [0, 0.05) is 24.7 Å². The fourth-order valence-electron chi connectivity index (χ4n) is 2.73. The smallest absolute Gasteiger partial charge is 0.247 e. The summed E-state index contributed by atoms with van der Waals surface area (Å²) in [7, 11) is -3.67. The highest BCUT2D eigenvalue weighted by Gasteiger charge is 2.47. The van der Waals surface area contributed by atoms with E-state index in [4.69, 9.17) is 9.26 Å². The van der Waals surface area contributed by atoms with E-state index in [0.29, 0.717) is 37.7 Å². The maximum Gasteiger partial charge on any atom is 0.247 e. The van der Waals surface area contributed by atoms with Crippen molar-refractivity contribution in [3.05, 3.63) is 11.8 Å². The fourth-order valence-corrected chi connectivity index (χ4v) is 4.68. The Morgan fingerprint density at radius 3 is 2.35 bits per heavy atom. The molecule has 1 aromatic heterocycles. The Kier molecular flexibility index (Phi) is 5.87. The van der Waals surface area contributed by atoms with E-state index in [1.54, 1.807) is 6.07 Å². The molecule has 0 saturated carbocycles. The summed E-state index contributed by atoms with van der Waals surface area (Å²) in [6.07, 6.45) is 0.822. The quantitative estimate of drug-likeness (QED) is 0.807. The second-order valence-corrected chi connectivity index (χ2v) is 11.1. The second kappa shape index (κ2) is 7.31. The molecule has 2 rings (SSSR count). The molecule has 26 heavy (non-hydrogen) atoms. The van der Waals surface area contributed by atoms with Gasteiger partial charge in [0.15, 0.2) is 9.84 Å². The topological polar surface area (TPSA) is 98.5 Å². The number of carbonyl (C=O) groups is 1. The van der Waals surface area contributed by atoms with E-state index < -0.39 is 25.7 Å². The summed E-state index contributed by atoms with van der Waals surface area (Å²) in [6, 6.07) is 1.66. The molecule has 1 saturated heterocycles. The number of aromatic nitrogens is 1. The van der Waals surface area contributed by atoms with Crippen molar-refractivity contribution in [2.45, 2.75) is 69.8 Å². The molecule has 1 fully saturated rings. The molecule has 0 unspecified atom stereocenters. The average molecular weight is 387 g/mol. The van der Waals surface area contributed by atoms with Crippen molar-refractivity contribution in [3.8, 4) is 0 Å². The van der Waals surface area contributed by atoms with Crippen LogP contribution in [0.3, 0.4) is 0 Å². The van der Waals surface area contributed by atoms with Gasteiger partial charge >= 0.3 is 0 Å². The number of hydrogen-bond donors (Lipinski definition) is 1. The van der Waals surface area contributed by atoms with Crippen LogP contribution < -0.4 is 5.32 Å². The van der Waals surface area contributed by atoms with Crippen molar-refractivity contribution in [2.24, 2.45) is 5.92 Å². The highest BCUT2D eigenvalue weighted by atomic mass is 32.2. The number of anilines is 1. The molecule has 0 bridgehead atoms. The summed E-state index contributed by atoms with van der Waals surface area (Å²) in [4.78, 5) is 12.7. The maximum atomic E-state index is 12.9. The van der Waals surface area contributed by atoms with E-state index in [1.807, 2.05) is 13.8 Å². The van der Waals surface area contributed by atoms with Crippen LogP contribution in [0.1, 0.15) is 60.1 Å². The molecule has 1 aliphatic rings. The molecule has 0 radical (unpaired) electrons. The Morgan fingerprint density at radius 1 is 1.23 bits per heavy atom. The van der Waals surface area contributed by atoms with Crippen LogP contribution in [0.4, 0.5) is 5.88 Å². The van der Waals surface area contributed by atoms with Crippen LogP contribution in [0.2, 0.25) is 0 Å². The van der Waals surface area contributed by atoms with E-state index >= 15 is 0 Å². The zero-order valence-corrected chi connectivity index (χ0v) is 17.3. The third kappa shape index (κ3) is 3.81. The lowest BCUT2D eigenvalue weighted by Gasteiger charge is -2.30. The minimum atomic E-state index is -3.67. The van der Waals surface area contributed by atoms with Gasteiger partial charge in [-0.1, -0.05) is 32.9 Å². The van der Waals surface area contributed by atoms with E-state index in [0.717, 1.165) is 0 Å². The number of rotatable bonds is 6. The lowest BCUT2D eigenvalue weighted by molar-refractivity contribution is -0.118. The van der Waals surface area contributed by atoms with Crippen molar-refractivity contribution in [2.75, 3.05) is 18.5 Å². The molecule has 8 heteroatoms. The second-order valence-electron chi connectivity index (χ2n) is 8.27.